The topological polar surface area (TPSA) is 80.8 Å². The third kappa shape index (κ3) is 3.47. The Morgan fingerprint density at radius 1 is 1.17 bits per heavy atom. The van der Waals surface area contributed by atoms with Crippen molar-refractivity contribution >= 4 is 67.0 Å². The van der Waals surface area contributed by atoms with E-state index in [-0.39, 0.29) is 45.1 Å². The van der Waals surface area contributed by atoms with Crippen LogP contribution in [0.2, 0.25) is 5.02 Å². The number of hydrogen-bond donors (Lipinski definition) is 0. The second-order valence-electron chi connectivity index (χ2n) is 7.77. The number of esters is 1. The summed E-state index contributed by atoms with van der Waals surface area (Å²) in [4.78, 5) is 51.7. The Bertz CT molecular complexity index is 877. The Kier molecular flexibility index (Phi) is 5.63. The maximum Gasteiger partial charge on any atom is 0.326 e. The van der Waals surface area contributed by atoms with Crippen molar-refractivity contribution in [1.29, 1.82) is 0 Å². The molecule has 3 aliphatic rings. The molecule has 1 heterocycles. The van der Waals surface area contributed by atoms with Gasteiger partial charge in [-0.1, -0.05) is 55.6 Å². The van der Waals surface area contributed by atoms with Crippen LogP contribution < -0.4 is 0 Å². The lowest BCUT2D eigenvalue weighted by molar-refractivity contribution is -0.155. The zero-order chi connectivity index (χ0) is 21.0. The number of benzene rings is 1. The smallest absolute Gasteiger partial charge is 0.326 e. The lowest BCUT2D eigenvalue weighted by atomic mass is 9.81. The molecule has 4 rings (SSSR count). The molecule has 1 saturated heterocycles. The third-order valence-electron chi connectivity index (χ3n) is 6.15. The fourth-order valence-corrected chi connectivity index (χ4v) is 6.92. The molecule has 9 heteroatoms. The number of rotatable bonds is 5. The number of ether oxygens (including phenoxy) is 1. The SMILES string of the molecule is CC(OC(=O)CN1C(=O)C2C3CC(C(Br)C3Br)C2C1=O)C(=O)c1cccc(Cl)c1. The Labute approximate surface area is 189 Å². The van der Waals surface area contributed by atoms with Gasteiger partial charge in [-0.2, -0.15) is 0 Å². The van der Waals surface area contributed by atoms with Crippen LogP contribution in [0.3, 0.4) is 0 Å². The van der Waals surface area contributed by atoms with Gasteiger partial charge in [0.05, 0.1) is 11.8 Å². The average molecular weight is 548 g/mol. The van der Waals surface area contributed by atoms with Gasteiger partial charge in [-0.15, -0.1) is 0 Å². The Balaban J connectivity index is 1.41. The van der Waals surface area contributed by atoms with E-state index in [0.29, 0.717) is 10.6 Å². The molecule has 0 aromatic heterocycles. The minimum atomic E-state index is -1.05. The predicted molar refractivity (Wildman–Crippen MR) is 112 cm³/mol. The molecule has 0 radical (unpaired) electrons. The van der Waals surface area contributed by atoms with Gasteiger partial charge in [0.15, 0.2) is 6.10 Å². The summed E-state index contributed by atoms with van der Waals surface area (Å²) in [7, 11) is 0. The molecule has 7 atom stereocenters. The lowest BCUT2D eigenvalue weighted by Gasteiger charge is -2.28. The summed E-state index contributed by atoms with van der Waals surface area (Å²) in [6, 6.07) is 6.34. The minimum absolute atomic E-state index is 0.0789. The highest BCUT2D eigenvalue weighted by atomic mass is 79.9. The fourth-order valence-electron chi connectivity index (χ4n) is 4.86. The quantitative estimate of drug-likeness (QED) is 0.245. The van der Waals surface area contributed by atoms with Gasteiger partial charge >= 0.3 is 5.97 Å². The van der Waals surface area contributed by atoms with Gasteiger partial charge in [0.25, 0.3) is 0 Å². The van der Waals surface area contributed by atoms with Gasteiger partial charge in [0.2, 0.25) is 17.6 Å². The Morgan fingerprint density at radius 3 is 2.31 bits per heavy atom. The van der Waals surface area contributed by atoms with Crippen molar-refractivity contribution in [2.45, 2.75) is 29.1 Å². The van der Waals surface area contributed by atoms with E-state index >= 15 is 0 Å². The van der Waals surface area contributed by atoms with Gasteiger partial charge in [-0.05, 0) is 37.3 Å². The normalized spacial score (nSPS) is 33.7. The van der Waals surface area contributed by atoms with E-state index in [4.69, 9.17) is 16.3 Å². The molecular weight excluding hydrogens is 529 g/mol. The minimum Gasteiger partial charge on any atom is -0.453 e. The summed E-state index contributed by atoms with van der Waals surface area (Å²) in [5.74, 6) is -2.44. The van der Waals surface area contributed by atoms with Crippen LogP contribution >= 0.6 is 43.5 Å². The third-order valence-corrected chi connectivity index (χ3v) is 9.59. The summed E-state index contributed by atoms with van der Waals surface area (Å²) in [5, 5.41) is 0.402. The van der Waals surface area contributed by atoms with Crippen molar-refractivity contribution in [3.63, 3.8) is 0 Å². The number of nitrogens with zero attached hydrogens (tertiary/aromatic N) is 1. The van der Waals surface area contributed by atoms with Gasteiger partial charge in [-0.3, -0.25) is 24.1 Å². The van der Waals surface area contributed by atoms with Crippen LogP contribution in [-0.2, 0) is 19.1 Å². The number of fused-ring (bicyclic) bond motifs is 5. The van der Waals surface area contributed by atoms with E-state index in [1.807, 2.05) is 0 Å². The number of carbonyl (C=O) groups excluding carboxylic acids is 4. The molecule has 2 saturated carbocycles. The molecule has 0 spiro atoms. The first-order chi connectivity index (χ1) is 13.7. The average Bonchev–Trinajstić information content (AvgIpc) is 3.28. The molecule has 2 bridgehead atoms. The number of ketones is 1. The number of halogens is 3. The first-order valence-electron chi connectivity index (χ1n) is 9.33. The van der Waals surface area contributed by atoms with Crippen LogP contribution in [-0.4, -0.2) is 50.8 Å². The number of alkyl halides is 2. The molecule has 6 nitrogen and oxygen atoms in total. The zero-order valence-corrected chi connectivity index (χ0v) is 19.3. The monoisotopic (exact) mass is 545 g/mol. The molecule has 1 aliphatic heterocycles. The highest BCUT2D eigenvalue weighted by molar-refractivity contribution is 9.12. The second-order valence-corrected chi connectivity index (χ2v) is 10.3. The van der Waals surface area contributed by atoms with E-state index in [9.17, 15) is 19.2 Å². The lowest BCUT2D eigenvalue weighted by Crippen LogP contribution is -2.39. The van der Waals surface area contributed by atoms with Gasteiger partial charge in [-0.25, -0.2) is 0 Å². The zero-order valence-electron chi connectivity index (χ0n) is 15.4. The van der Waals surface area contributed by atoms with Crippen molar-refractivity contribution in [2.75, 3.05) is 6.54 Å². The number of amides is 2. The van der Waals surface area contributed by atoms with E-state index in [2.05, 4.69) is 31.9 Å². The highest BCUT2D eigenvalue weighted by Crippen LogP contribution is 2.60. The largest absolute Gasteiger partial charge is 0.453 e. The molecule has 1 aromatic carbocycles. The summed E-state index contributed by atoms with van der Waals surface area (Å²) in [6.07, 6.45) is -0.231. The Hall–Kier alpha value is -1.25. The number of imide groups is 1. The van der Waals surface area contributed by atoms with Crippen molar-refractivity contribution in [1.82, 2.24) is 4.90 Å². The highest BCUT2D eigenvalue weighted by Gasteiger charge is 2.66. The standard InChI is InChI=1S/C20H18Br2ClNO5/c1-8(18(26)9-3-2-4-10(23)5-9)29-13(25)7-24-19(27)14-11-6-12(15(14)20(24)28)17(22)16(11)21/h2-5,8,11-12,14-17H,6-7H2,1H3. The fraction of sp³-hybridized carbons (Fsp3) is 0.500. The van der Waals surface area contributed by atoms with Crippen LogP contribution in [0.4, 0.5) is 0 Å². The summed E-state index contributed by atoms with van der Waals surface area (Å²) >= 11 is 13.1. The molecule has 1 aromatic rings. The number of likely N-dealkylation sites (tertiary alicyclic amines) is 1. The maximum atomic E-state index is 12.8. The number of Topliss-reactive ketones (excluding diaryl/α,β-unsaturated/α-hetero) is 1. The van der Waals surface area contributed by atoms with Crippen LogP contribution in [0.5, 0.6) is 0 Å². The molecule has 2 aliphatic carbocycles. The predicted octanol–water partition coefficient (Wildman–Crippen LogP) is 3.23. The van der Waals surface area contributed by atoms with Crippen molar-refractivity contribution < 1.29 is 23.9 Å². The molecule has 154 valence electrons. The molecule has 2 amide bonds. The number of carbonyl (C=O) groups is 4. The first kappa shape index (κ1) is 21.0. The van der Waals surface area contributed by atoms with Crippen LogP contribution in [0.25, 0.3) is 0 Å². The van der Waals surface area contributed by atoms with Gasteiger partial charge in [0.1, 0.15) is 6.54 Å². The van der Waals surface area contributed by atoms with Crippen molar-refractivity contribution in [2.24, 2.45) is 23.7 Å². The van der Waals surface area contributed by atoms with E-state index in [1.165, 1.54) is 13.0 Å². The van der Waals surface area contributed by atoms with E-state index in [1.54, 1.807) is 18.2 Å². The van der Waals surface area contributed by atoms with Gasteiger partial charge in [0, 0.05) is 20.2 Å². The summed E-state index contributed by atoms with van der Waals surface area (Å²) < 4.78 is 5.20. The second kappa shape index (κ2) is 7.78. The maximum absolute atomic E-state index is 12.8. The van der Waals surface area contributed by atoms with Crippen LogP contribution in [0.1, 0.15) is 23.7 Å². The van der Waals surface area contributed by atoms with Crippen molar-refractivity contribution in [3.8, 4) is 0 Å². The van der Waals surface area contributed by atoms with Gasteiger partial charge < -0.3 is 4.74 Å². The molecular formula is C20H18Br2ClNO5. The van der Waals surface area contributed by atoms with Crippen molar-refractivity contribution in [3.05, 3.63) is 34.9 Å². The first-order valence-corrected chi connectivity index (χ1v) is 11.5. The Morgan fingerprint density at radius 2 is 1.76 bits per heavy atom. The van der Waals surface area contributed by atoms with Crippen LogP contribution in [0, 0.1) is 23.7 Å². The molecule has 3 fully saturated rings. The summed E-state index contributed by atoms with van der Waals surface area (Å²) in [6.45, 7) is 0.978. The number of hydrogen-bond acceptors (Lipinski definition) is 5. The summed E-state index contributed by atoms with van der Waals surface area (Å²) in [5.41, 5.74) is 0.323. The van der Waals surface area contributed by atoms with Crippen LogP contribution in [0.15, 0.2) is 24.3 Å². The molecule has 7 unspecified atom stereocenters. The molecule has 0 N–H and O–H groups in total. The van der Waals surface area contributed by atoms with E-state index in [0.717, 1.165) is 11.3 Å². The molecule has 29 heavy (non-hydrogen) atoms. The van der Waals surface area contributed by atoms with E-state index < -0.39 is 24.4 Å².